The van der Waals surface area contributed by atoms with Gasteiger partial charge in [0.2, 0.25) is 0 Å². The summed E-state index contributed by atoms with van der Waals surface area (Å²) in [4.78, 5) is 0. The molecular formula is C9H14. The molecule has 3 aliphatic carbocycles. The van der Waals surface area contributed by atoms with Crippen molar-refractivity contribution in [3.63, 3.8) is 0 Å². The molecule has 0 saturated heterocycles. The fourth-order valence-corrected chi connectivity index (χ4v) is 3.81. The minimum Gasteiger partial charge on any atom is -0.0620 e. The van der Waals surface area contributed by atoms with E-state index < -0.39 is 0 Å². The highest BCUT2D eigenvalue weighted by molar-refractivity contribution is 5.22. The van der Waals surface area contributed by atoms with E-state index in [2.05, 4.69) is 6.92 Å². The predicted octanol–water partition coefficient (Wildman–Crippen LogP) is 2.44. The zero-order chi connectivity index (χ0) is 6.06. The van der Waals surface area contributed by atoms with Crippen LogP contribution in [0.1, 0.15) is 32.6 Å². The Morgan fingerprint density at radius 1 is 1.11 bits per heavy atom. The lowest BCUT2D eigenvalue weighted by Gasteiger charge is -2.29. The summed E-state index contributed by atoms with van der Waals surface area (Å²) in [6.07, 6.45) is 6.28. The summed E-state index contributed by atoms with van der Waals surface area (Å²) in [5, 5.41) is 0. The molecule has 0 aromatic heterocycles. The first-order valence-corrected chi connectivity index (χ1v) is 4.36. The highest BCUT2D eigenvalue weighted by Crippen LogP contribution is 2.81. The lowest BCUT2D eigenvalue weighted by Crippen LogP contribution is -2.20. The summed E-state index contributed by atoms with van der Waals surface area (Å²) in [5.41, 5.74) is 0.958. The van der Waals surface area contributed by atoms with E-state index >= 15 is 0 Å². The molecule has 9 heavy (non-hydrogen) atoms. The monoisotopic (exact) mass is 122 g/mol. The Balaban J connectivity index is 1.99. The molecule has 0 aromatic rings. The van der Waals surface area contributed by atoms with Crippen LogP contribution in [0.4, 0.5) is 0 Å². The normalized spacial score (nSPS) is 68.3. The van der Waals surface area contributed by atoms with Crippen LogP contribution in [0, 0.1) is 23.2 Å². The summed E-state index contributed by atoms with van der Waals surface area (Å²) in [5.74, 6) is 3.54. The molecule has 1 spiro atoms. The second-order valence-corrected chi connectivity index (χ2v) is 4.34. The van der Waals surface area contributed by atoms with Gasteiger partial charge in [0, 0.05) is 0 Å². The van der Waals surface area contributed by atoms with E-state index in [9.17, 15) is 0 Å². The van der Waals surface area contributed by atoms with Gasteiger partial charge in [-0.25, -0.2) is 0 Å². The molecule has 3 saturated carbocycles. The molecule has 3 aliphatic rings. The largest absolute Gasteiger partial charge is 0.0620 e. The molecule has 0 heterocycles. The zero-order valence-electron chi connectivity index (χ0n) is 6.06. The Bertz CT molecular complexity index is 157. The zero-order valence-corrected chi connectivity index (χ0v) is 6.06. The van der Waals surface area contributed by atoms with Gasteiger partial charge < -0.3 is 0 Å². The highest BCUT2D eigenvalue weighted by atomic mass is 14.8. The molecule has 0 radical (unpaired) electrons. The van der Waals surface area contributed by atoms with Gasteiger partial charge >= 0.3 is 0 Å². The molecule has 0 nitrogen and oxygen atoms in total. The van der Waals surface area contributed by atoms with Crippen molar-refractivity contribution in [2.24, 2.45) is 23.2 Å². The van der Waals surface area contributed by atoms with Gasteiger partial charge in [0.05, 0.1) is 0 Å². The molecule has 0 aromatic carbocycles. The van der Waals surface area contributed by atoms with Gasteiger partial charge in [-0.1, -0.05) is 6.92 Å². The second kappa shape index (κ2) is 1.09. The van der Waals surface area contributed by atoms with E-state index in [1.54, 1.807) is 25.7 Å². The van der Waals surface area contributed by atoms with Crippen molar-refractivity contribution in [3.8, 4) is 0 Å². The maximum Gasteiger partial charge on any atom is -0.0209 e. The third-order valence-electron chi connectivity index (χ3n) is 4.47. The van der Waals surface area contributed by atoms with Crippen molar-refractivity contribution in [1.82, 2.24) is 0 Å². The van der Waals surface area contributed by atoms with Gasteiger partial charge in [-0.15, -0.1) is 0 Å². The van der Waals surface area contributed by atoms with E-state index in [-0.39, 0.29) is 0 Å². The van der Waals surface area contributed by atoms with Crippen molar-refractivity contribution in [3.05, 3.63) is 0 Å². The maximum absolute atomic E-state index is 2.47. The lowest BCUT2D eigenvalue weighted by atomic mass is 9.76. The van der Waals surface area contributed by atoms with Crippen molar-refractivity contribution < 1.29 is 0 Å². The first-order chi connectivity index (χ1) is 4.36. The molecule has 0 bridgehead atoms. The number of hydrogen-bond donors (Lipinski definition) is 0. The van der Waals surface area contributed by atoms with Crippen LogP contribution in [-0.4, -0.2) is 0 Å². The SMILES string of the molecule is CC1CC[C@@H]2[C@H]3CCC123. The maximum atomic E-state index is 2.47. The fraction of sp³-hybridized carbons (Fsp3) is 1.00. The highest BCUT2D eigenvalue weighted by Gasteiger charge is 2.74. The summed E-state index contributed by atoms with van der Waals surface area (Å²) in [7, 11) is 0. The van der Waals surface area contributed by atoms with Crippen LogP contribution in [0.3, 0.4) is 0 Å². The molecule has 2 unspecified atom stereocenters. The summed E-state index contributed by atoms with van der Waals surface area (Å²) >= 11 is 0. The van der Waals surface area contributed by atoms with E-state index in [4.69, 9.17) is 0 Å². The third-order valence-corrected chi connectivity index (χ3v) is 4.47. The van der Waals surface area contributed by atoms with Crippen LogP contribution >= 0.6 is 0 Å². The molecule has 0 aliphatic heterocycles. The molecule has 0 N–H and O–H groups in total. The predicted molar refractivity (Wildman–Crippen MR) is 37.0 cm³/mol. The number of fused-ring (bicyclic) bond motifs is 1. The van der Waals surface area contributed by atoms with Gasteiger partial charge in [0.1, 0.15) is 0 Å². The molecule has 3 rings (SSSR count). The van der Waals surface area contributed by atoms with Gasteiger partial charge in [-0.05, 0) is 48.9 Å². The molecule has 0 heteroatoms. The Morgan fingerprint density at radius 2 is 1.89 bits per heavy atom. The summed E-state index contributed by atoms with van der Waals surface area (Å²) in [6, 6.07) is 0. The van der Waals surface area contributed by atoms with Gasteiger partial charge in [-0.3, -0.25) is 0 Å². The Morgan fingerprint density at radius 3 is 2.22 bits per heavy atom. The van der Waals surface area contributed by atoms with Crippen LogP contribution in [0.15, 0.2) is 0 Å². The van der Waals surface area contributed by atoms with Crippen LogP contribution in [-0.2, 0) is 0 Å². The van der Waals surface area contributed by atoms with Crippen molar-refractivity contribution >= 4 is 0 Å². The van der Waals surface area contributed by atoms with Crippen molar-refractivity contribution in [2.75, 3.05) is 0 Å². The lowest BCUT2D eigenvalue weighted by molar-refractivity contribution is 0.203. The standard InChI is InChI=1S/C9H14/c1-6-2-3-7-8-4-5-9(6,7)8/h6-8H,2-5H2,1H3/t6?,7-,8-,9?/m1/s1. The van der Waals surface area contributed by atoms with E-state index in [0.717, 1.165) is 11.3 Å². The summed E-state index contributed by atoms with van der Waals surface area (Å²) < 4.78 is 0. The molecule has 0 amide bonds. The molecule has 50 valence electrons. The first kappa shape index (κ1) is 4.76. The smallest absolute Gasteiger partial charge is 0.0209 e. The van der Waals surface area contributed by atoms with Crippen molar-refractivity contribution in [2.45, 2.75) is 32.6 Å². The summed E-state index contributed by atoms with van der Waals surface area (Å²) in [6.45, 7) is 2.47. The van der Waals surface area contributed by atoms with E-state index in [0.29, 0.717) is 0 Å². The van der Waals surface area contributed by atoms with E-state index in [1.165, 1.54) is 11.8 Å². The minimum atomic E-state index is 0.958. The van der Waals surface area contributed by atoms with Crippen LogP contribution < -0.4 is 0 Å². The Kier molecular flexibility index (Phi) is 0.574. The van der Waals surface area contributed by atoms with Gasteiger partial charge in [0.25, 0.3) is 0 Å². The molecular weight excluding hydrogens is 108 g/mol. The van der Waals surface area contributed by atoms with Gasteiger partial charge in [-0.2, -0.15) is 0 Å². The molecule has 4 atom stereocenters. The van der Waals surface area contributed by atoms with Crippen LogP contribution in [0.2, 0.25) is 0 Å². The number of rotatable bonds is 0. The first-order valence-electron chi connectivity index (χ1n) is 4.36. The third kappa shape index (κ3) is 0.300. The average Bonchev–Trinajstić information content (AvgIpc) is 2.16. The fourth-order valence-electron chi connectivity index (χ4n) is 3.81. The average molecular weight is 122 g/mol. The van der Waals surface area contributed by atoms with Crippen LogP contribution in [0.25, 0.3) is 0 Å². The quantitative estimate of drug-likeness (QED) is 0.463. The Hall–Kier alpha value is 0. The minimum absolute atomic E-state index is 0.958. The Labute approximate surface area is 56.6 Å². The van der Waals surface area contributed by atoms with Crippen LogP contribution in [0.5, 0.6) is 0 Å². The van der Waals surface area contributed by atoms with Gasteiger partial charge in [0.15, 0.2) is 0 Å². The van der Waals surface area contributed by atoms with Crippen molar-refractivity contribution in [1.29, 1.82) is 0 Å². The second-order valence-electron chi connectivity index (χ2n) is 4.34. The number of hydrogen-bond acceptors (Lipinski definition) is 0. The molecule has 3 fully saturated rings. The topological polar surface area (TPSA) is 0 Å². The van der Waals surface area contributed by atoms with E-state index in [1.807, 2.05) is 0 Å².